The van der Waals surface area contributed by atoms with Gasteiger partial charge in [0, 0.05) is 32.7 Å². The van der Waals surface area contributed by atoms with Crippen LogP contribution in [-0.2, 0) is 19.6 Å². The van der Waals surface area contributed by atoms with Gasteiger partial charge in [-0.3, -0.25) is 9.69 Å². The summed E-state index contributed by atoms with van der Waals surface area (Å²) in [7, 11) is -3.84. The maximum absolute atomic E-state index is 13.1. The van der Waals surface area contributed by atoms with Crippen molar-refractivity contribution in [3.8, 4) is 0 Å². The molecular weight excluding hydrogens is 366 g/mol. The van der Waals surface area contributed by atoms with Crippen LogP contribution >= 0.6 is 0 Å². The predicted octanol–water partition coefficient (Wildman–Crippen LogP) is 1.25. The van der Waals surface area contributed by atoms with E-state index in [1.807, 2.05) is 13.0 Å². The molecule has 7 nitrogen and oxygen atoms in total. The Hall–Kier alpha value is -1.90. The van der Waals surface area contributed by atoms with E-state index in [2.05, 4.69) is 10.2 Å². The van der Waals surface area contributed by atoms with Gasteiger partial charge in [-0.25, -0.2) is 12.7 Å². The minimum absolute atomic E-state index is 0.0891. The van der Waals surface area contributed by atoms with E-state index in [-0.39, 0.29) is 17.1 Å². The Morgan fingerprint density at radius 3 is 2.48 bits per heavy atom. The van der Waals surface area contributed by atoms with Crippen LogP contribution in [0, 0.1) is 0 Å². The molecule has 1 aromatic rings. The highest BCUT2D eigenvalue weighted by Gasteiger charge is 2.43. The van der Waals surface area contributed by atoms with Crippen molar-refractivity contribution in [2.24, 2.45) is 0 Å². The average molecular weight is 394 g/mol. The highest BCUT2D eigenvalue weighted by atomic mass is 32.2. The molecule has 1 aromatic carbocycles. The quantitative estimate of drug-likeness (QED) is 0.716. The summed E-state index contributed by atoms with van der Waals surface area (Å²) in [5.74, 6) is -0.454. The van der Waals surface area contributed by atoms with Gasteiger partial charge in [0.1, 0.15) is 10.6 Å². The summed E-state index contributed by atoms with van der Waals surface area (Å²) in [5.41, 5.74) is 0.726. The zero-order chi connectivity index (χ0) is 19.3. The van der Waals surface area contributed by atoms with Crippen molar-refractivity contribution in [1.29, 1.82) is 0 Å². The van der Waals surface area contributed by atoms with Gasteiger partial charge in [0.2, 0.25) is 0 Å². The molecule has 2 aliphatic rings. The summed E-state index contributed by atoms with van der Waals surface area (Å²) in [6, 6.07) is 8.85. The number of benzene rings is 1. The van der Waals surface area contributed by atoms with Crippen LogP contribution in [0.4, 0.5) is 0 Å². The van der Waals surface area contributed by atoms with Crippen molar-refractivity contribution in [2.45, 2.75) is 19.8 Å². The van der Waals surface area contributed by atoms with Gasteiger partial charge in [0.25, 0.3) is 15.9 Å². The van der Waals surface area contributed by atoms with Gasteiger partial charge >= 0.3 is 0 Å². The molecule has 0 aliphatic carbocycles. The zero-order valence-corrected chi connectivity index (χ0v) is 16.5. The molecule has 27 heavy (non-hydrogen) atoms. The van der Waals surface area contributed by atoms with Gasteiger partial charge in [-0.05, 0) is 12.0 Å². The lowest BCUT2D eigenvalue weighted by Gasteiger charge is -2.26. The van der Waals surface area contributed by atoms with E-state index in [4.69, 9.17) is 4.74 Å². The third-order valence-electron chi connectivity index (χ3n) is 4.80. The monoisotopic (exact) mass is 393 g/mol. The fourth-order valence-corrected chi connectivity index (χ4v) is 5.05. The van der Waals surface area contributed by atoms with E-state index >= 15 is 0 Å². The molecule has 0 atom stereocenters. The van der Waals surface area contributed by atoms with Crippen molar-refractivity contribution >= 4 is 20.8 Å². The second kappa shape index (κ2) is 8.86. The summed E-state index contributed by atoms with van der Waals surface area (Å²) >= 11 is 0. The standard InChI is InChI=1S/C19H27N3O4S/c1-2-3-10-22-19(23)17(20-9-11-21-12-14-26-15-13-21)18(27(22,24)25)16-7-5-4-6-8-16/h4-8,20H,2-3,9-15H2,1H3. The summed E-state index contributed by atoms with van der Waals surface area (Å²) in [6.07, 6.45) is 1.47. The molecule has 1 N–H and O–H groups in total. The van der Waals surface area contributed by atoms with Crippen LogP contribution in [-0.4, -0.2) is 69.5 Å². The molecule has 0 saturated carbocycles. The summed E-state index contributed by atoms with van der Waals surface area (Å²) < 4.78 is 32.5. The largest absolute Gasteiger partial charge is 0.379 e. The minimum Gasteiger partial charge on any atom is -0.379 e. The number of ether oxygens (including phenoxy) is 1. The van der Waals surface area contributed by atoms with Gasteiger partial charge in [-0.15, -0.1) is 0 Å². The number of amides is 1. The maximum atomic E-state index is 13.1. The Labute approximate surface area is 161 Å². The number of sulfonamides is 1. The number of hydrogen-bond donors (Lipinski definition) is 1. The van der Waals surface area contributed by atoms with Crippen LogP contribution in [0.2, 0.25) is 0 Å². The van der Waals surface area contributed by atoms with Gasteiger partial charge in [-0.1, -0.05) is 43.7 Å². The first-order chi connectivity index (χ1) is 13.1. The fourth-order valence-electron chi connectivity index (χ4n) is 3.30. The van der Waals surface area contributed by atoms with E-state index in [1.165, 1.54) is 0 Å². The average Bonchev–Trinajstić information content (AvgIpc) is 2.87. The molecule has 1 saturated heterocycles. The van der Waals surface area contributed by atoms with E-state index in [1.54, 1.807) is 24.3 Å². The molecule has 2 heterocycles. The molecule has 1 amide bonds. The van der Waals surface area contributed by atoms with Crippen LogP contribution in [0.5, 0.6) is 0 Å². The van der Waals surface area contributed by atoms with Crippen LogP contribution < -0.4 is 5.32 Å². The van der Waals surface area contributed by atoms with Crippen LogP contribution in [0.1, 0.15) is 25.3 Å². The Morgan fingerprint density at radius 2 is 1.81 bits per heavy atom. The number of carbonyl (C=O) groups is 1. The van der Waals surface area contributed by atoms with Crippen LogP contribution in [0.25, 0.3) is 4.91 Å². The van der Waals surface area contributed by atoms with Gasteiger partial charge < -0.3 is 10.1 Å². The Balaban J connectivity index is 1.83. The van der Waals surface area contributed by atoms with Crippen molar-refractivity contribution in [3.05, 3.63) is 41.6 Å². The molecule has 8 heteroatoms. The lowest BCUT2D eigenvalue weighted by Crippen LogP contribution is -2.41. The Kier molecular flexibility index (Phi) is 6.51. The molecule has 2 aliphatic heterocycles. The molecular formula is C19H27N3O4S. The maximum Gasteiger partial charge on any atom is 0.285 e. The third-order valence-corrected chi connectivity index (χ3v) is 6.68. The topological polar surface area (TPSA) is 79.0 Å². The first kappa shape index (κ1) is 19.9. The van der Waals surface area contributed by atoms with E-state index in [0.29, 0.717) is 31.7 Å². The molecule has 0 aromatic heterocycles. The third kappa shape index (κ3) is 4.34. The first-order valence-electron chi connectivity index (χ1n) is 9.46. The molecule has 0 spiro atoms. The smallest absolute Gasteiger partial charge is 0.285 e. The van der Waals surface area contributed by atoms with E-state index < -0.39 is 15.9 Å². The normalized spacial score (nSPS) is 20.3. The predicted molar refractivity (Wildman–Crippen MR) is 104 cm³/mol. The number of unbranched alkanes of at least 4 members (excludes halogenated alkanes) is 1. The summed E-state index contributed by atoms with van der Waals surface area (Å²) in [5, 5.41) is 3.12. The number of morpholine rings is 1. The summed E-state index contributed by atoms with van der Waals surface area (Å²) in [6.45, 7) is 6.53. The van der Waals surface area contributed by atoms with Crippen LogP contribution in [0.15, 0.2) is 36.0 Å². The molecule has 3 rings (SSSR count). The lowest BCUT2D eigenvalue weighted by atomic mass is 10.2. The van der Waals surface area contributed by atoms with Crippen molar-refractivity contribution in [3.63, 3.8) is 0 Å². The Bertz CT molecular complexity index is 786. The van der Waals surface area contributed by atoms with E-state index in [0.717, 1.165) is 30.4 Å². The van der Waals surface area contributed by atoms with Crippen molar-refractivity contribution < 1.29 is 17.9 Å². The fraction of sp³-hybridized carbons (Fsp3) is 0.526. The van der Waals surface area contributed by atoms with Crippen molar-refractivity contribution in [2.75, 3.05) is 45.9 Å². The highest BCUT2D eigenvalue weighted by Crippen LogP contribution is 2.34. The zero-order valence-electron chi connectivity index (χ0n) is 15.7. The van der Waals surface area contributed by atoms with Crippen LogP contribution in [0.3, 0.4) is 0 Å². The number of carbonyl (C=O) groups excluding carboxylic acids is 1. The number of rotatable bonds is 8. The van der Waals surface area contributed by atoms with Gasteiger partial charge in [0.15, 0.2) is 0 Å². The van der Waals surface area contributed by atoms with Gasteiger partial charge in [-0.2, -0.15) is 0 Å². The Morgan fingerprint density at radius 1 is 1.11 bits per heavy atom. The SMILES string of the molecule is CCCCN1C(=O)C(NCCN2CCOCC2)=C(c2ccccc2)S1(=O)=O. The second-order valence-electron chi connectivity index (χ2n) is 6.69. The number of hydrogen-bond acceptors (Lipinski definition) is 6. The minimum atomic E-state index is -3.84. The highest BCUT2D eigenvalue weighted by molar-refractivity contribution is 7.99. The first-order valence-corrected chi connectivity index (χ1v) is 10.9. The molecule has 0 radical (unpaired) electrons. The van der Waals surface area contributed by atoms with Crippen molar-refractivity contribution in [1.82, 2.24) is 14.5 Å². The second-order valence-corrected chi connectivity index (χ2v) is 8.49. The van der Waals surface area contributed by atoms with Gasteiger partial charge in [0.05, 0.1) is 13.2 Å². The van der Waals surface area contributed by atoms with E-state index in [9.17, 15) is 13.2 Å². The molecule has 1 fully saturated rings. The number of nitrogens with one attached hydrogen (secondary N) is 1. The summed E-state index contributed by atoms with van der Waals surface area (Å²) in [4.78, 5) is 15.2. The molecule has 148 valence electrons. The lowest BCUT2D eigenvalue weighted by molar-refractivity contribution is -0.122. The molecule has 0 unspecified atom stereocenters. The molecule has 0 bridgehead atoms. The number of nitrogens with zero attached hydrogens (tertiary/aromatic N) is 2.